The van der Waals surface area contributed by atoms with Gasteiger partial charge in [-0.15, -0.1) is 11.6 Å². The Hall–Kier alpha value is -1.55. The third kappa shape index (κ3) is 2.89. The molecular weight excluding hydrogens is 262 g/mol. The van der Waals surface area contributed by atoms with Gasteiger partial charge in [-0.1, -0.05) is 32.0 Å². The highest BCUT2D eigenvalue weighted by Crippen LogP contribution is 2.19. The summed E-state index contributed by atoms with van der Waals surface area (Å²) < 4.78 is 1.72. The van der Waals surface area contributed by atoms with Crippen LogP contribution in [0.25, 0.3) is 10.9 Å². The summed E-state index contributed by atoms with van der Waals surface area (Å²) in [7, 11) is 1.84. The molecule has 0 unspecified atom stereocenters. The predicted molar refractivity (Wildman–Crippen MR) is 77.5 cm³/mol. The van der Waals surface area contributed by atoms with E-state index < -0.39 is 0 Å². The number of carbonyl (C=O) groups is 1. The van der Waals surface area contributed by atoms with Crippen LogP contribution in [-0.4, -0.2) is 28.1 Å². The third-order valence-corrected chi connectivity index (χ3v) is 3.79. The Morgan fingerprint density at radius 1 is 1.42 bits per heavy atom. The van der Waals surface area contributed by atoms with Crippen molar-refractivity contribution in [1.29, 1.82) is 0 Å². The molecule has 0 aliphatic heterocycles. The minimum atomic E-state index is -0.157. The van der Waals surface area contributed by atoms with E-state index in [1.54, 1.807) is 4.68 Å². The van der Waals surface area contributed by atoms with Crippen LogP contribution in [0.3, 0.4) is 0 Å². The summed E-state index contributed by atoms with van der Waals surface area (Å²) in [6, 6.07) is 7.69. The van der Waals surface area contributed by atoms with Crippen LogP contribution in [0.2, 0.25) is 0 Å². The fourth-order valence-electron chi connectivity index (χ4n) is 1.83. The second kappa shape index (κ2) is 5.21. The van der Waals surface area contributed by atoms with Gasteiger partial charge in [0.1, 0.15) is 0 Å². The van der Waals surface area contributed by atoms with E-state index in [0.717, 1.165) is 10.9 Å². The molecule has 0 saturated heterocycles. The molecule has 1 N–H and O–H groups in total. The van der Waals surface area contributed by atoms with Gasteiger partial charge in [-0.25, -0.2) is 0 Å². The Bertz CT molecular complexity index is 604. The monoisotopic (exact) mass is 279 g/mol. The number of hydrogen-bond acceptors (Lipinski definition) is 2. The molecule has 19 heavy (non-hydrogen) atoms. The molecular formula is C14H18ClN3O. The van der Waals surface area contributed by atoms with E-state index in [2.05, 4.69) is 10.4 Å². The van der Waals surface area contributed by atoms with E-state index in [1.807, 2.05) is 45.2 Å². The minimum Gasteiger partial charge on any atom is -0.350 e. The highest BCUT2D eigenvalue weighted by molar-refractivity contribution is 6.18. The molecule has 1 amide bonds. The lowest BCUT2D eigenvalue weighted by molar-refractivity contribution is 0.0935. The number of fused-ring (bicyclic) bond motifs is 1. The normalized spacial score (nSPS) is 11.8. The predicted octanol–water partition coefficient (Wildman–Crippen LogP) is 2.57. The average molecular weight is 280 g/mol. The first-order valence-electron chi connectivity index (χ1n) is 6.20. The summed E-state index contributed by atoms with van der Waals surface area (Å²) in [6.07, 6.45) is 0. The smallest absolute Gasteiger partial charge is 0.272 e. The summed E-state index contributed by atoms with van der Waals surface area (Å²) in [5.74, 6) is 0.339. The fourth-order valence-corrected chi connectivity index (χ4v) is 1.93. The molecule has 0 bridgehead atoms. The number of aryl methyl sites for hydroxylation is 1. The zero-order chi connectivity index (χ0) is 14.0. The Balaban J connectivity index is 2.23. The summed E-state index contributed by atoms with van der Waals surface area (Å²) in [5, 5.41) is 8.05. The van der Waals surface area contributed by atoms with Crippen molar-refractivity contribution in [2.45, 2.75) is 13.8 Å². The van der Waals surface area contributed by atoms with E-state index in [-0.39, 0.29) is 11.3 Å². The van der Waals surface area contributed by atoms with Gasteiger partial charge >= 0.3 is 0 Å². The molecule has 0 atom stereocenters. The van der Waals surface area contributed by atoms with Crippen LogP contribution in [0.5, 0.6) is 0 Å². The van der Waals surface area contributed by atoms with Crippen LogP contribution < -0.4 is 5.32 Å². The first-order chi connectivity index (χ1) is 8.94. The molecule has 0 spiro atoms. The number of nitrogens with zero attached hydrogens (tertiary/aromatic N) is 2. The Labute approximate surface area is 117 Å². The van der Waals surface area contributed by atoms with Gasteiger partial charge in [0.15, 0.2) is 5.69 Å². The first kappa shape index (κ1) is 13.9. The van der Waals surface area contributed by atoms with Crippen molar-refractivity contribution >= 4 is 28.4 Å². The number of nitrogens with one attached hydrogen (secondary N) is 1. The Morgan fingerprint density at radius 3 is 2.79 bits per heavy atom. The van der Waals surface area contributed by atoms with Crippen LogP contribution >= 0.6 is 11.6 Å². The average Bonchev–Trinajstić information content (AvgIpc) is 2.74. The van der Waals surface area contributed by atoms with Gasteiger partial charge in [-0.3, -0.25) is 9.48 Å². The molecule has 1 aromatic carbocycles. The number of para-hydroxylation sites is 1. The number of hydrogen-bond donors (Lipinski definition) is 1. The molecule has 1 heterocycles. The zero-order valence-corrected chi connectivity index (χ0v) is 12.2. The van der Waals surface area contributed by atoms with Crippen molar-refractivity contribution in [2.24, 2.45) is 12.5 Å². The maximum atomic E-state index is 12.2. The number of halogens is 1. The molecule has 102 valence electrons. The van der Waals surface area contributed by atoms with Gasteiger partial charge in [0, 0.05) is 24.9 Å². The van der Waals surface area contributed by atoms with Crippen molar-refractivity contribution < 1.29 is 4.79 Å². The van der Waals surface area contributed by atoms with Crippen LogP contribution in [0, 0.1) is 5.41 Å². The van der Waals surface area contributed by atoms with Gasteiger partial charge < -0.3 is 5.32 Å². The summed E-state index contributed by atoms with van der Waals surface area (Å²) in [6.45, 7) is 4.55. The van der Waals surface area contributed by atoms with Crippen LogP contribution in [0.1, 0.15) is 24.3 Å². The maximum Gasteiger partial charge on any atom is 0.272 e. The molecule has 4 nitrogen and oxygen atoms in total. The molecule has 0 radical (unpaired) electrons. The molecule has 0 aliphatic rings. The quantitative estimate of drug-likeness (QED) is 0.875. The molecule has 5 heteroatoms. The highest BCUT2D eigenvalue weighted by Gasteiger charge is 2.20. The molecule has 2 rings (SSSR count). The minimum absolute atomic E-state index is 0.123. The van der Waals surface area contributed by atoms with E-state index in [1.165, 1.54) is 0 Å². The van der Waals surface area contributed by atoms with E-state index in [4.69, 9.17) is 11.6 Å². The second-order valence-electron chi connectivity index (χ2n) is 5.47. The fraction of sp³-hybridized carbons (Fsp3) is 0.429. The lowest BCUT2D eigenvalue weighted by Gasteiger charge is -2.21. The van der Waals surface area contributed by atoms with Crippen LogP contribution in [-0.2, 0) is 7.05 Å². The second-order valence-corrected chi connectivity index (χ2v) is 5.74. The van der Waals surface area contributed by atoms with Crippen molar-refractivity contribution in [3.63, 3.8) is 0 Å². The summed E-state index contributed by atoms with van der Waals surface area (Å²) in [5.41, 5.74) is 1.29. The Kier molecular flexibility index (Phi) is 3.80. The number of amides is 1. The van der Waals surface area contributed by atoms with Crippen molar-refractivity contribution in [3.8, 4) is 0 Å². The van der Waals surface area contributed by atoms with Crippen LogP contribution in [0.15, 0.2) is 24.3 Å². The maximum absolute atomic E-state index is 12.2. The number of alkyl halides is 1. The van der Waals surface area contributed by atoms with Gasteiger partial charge in [-0.05, 0) is 11.5 Å². The molecule has 0 saturated carbocycles. The van der Waals surface area contributed by atoms with Crippen molar-refractivity contribution in [3.05, 3.63) is 30.0 Å². The topological polar surface area (TPSA) is 46.9 Å². The molecule has 2 aromatic rings. The van der Waals surface area contributed by atoms with Crippen molar-refractivity contribution in [2.75, 3.05) is 12.4 Å². The molecule has 1 aromatic heterocycles. The van der Waals surface area contributed by atoms with Crippen molar-refractivity contribution in [1.82, 2.24) is 15.1 Å². The Morgan fingerprint density at radius 2 is 2.11 bits per heavy atom. The van der Waals surface area contributed by atoms with Gasteiger partial charge in [0.2, 0.25) is 0 Å². The SMILES string of the molecule is Cn1nc(C(=O)NCC(C)(C)CCl)c2ccccc21. The largest absolute Gasteiger partial charge is 0.350 e. The van der Waals surface area contributed by atoms with Gasteiger partial charge in [-0.2, -0.15) is 5.10 Å². The van der Waals surface area contributed by atoms with E-state index in [0.29, 0.717) is 18.1 Å². The lowest BCUT2D eigenvalue weighted by Crippen LogP contribution is -2.35. The van der Waals surface area contributed by atoms with E-state index >= 15 is 0 Å². The zero-order valence-electron chi connectivity index (χ0n) is 11.4. The molecule has 0 aliphatic carbocycles. The summed E-state index contributed by atoms with van der Waals surface area (Å²) in [4.78, 5) is 12.2. The number of benzene rings is 1. The first-order valence-corrected chi connectivity index (χ1v) is 6.74. The number of rotatable bonds is 4. The van der Waals surface area contributed by atoms with Gasteiger partial charge in [0.25, 0.3) is 5.91 Å². The number of aromatic nitrogens is 2. The third-order valence-electron chi connectivity index (χ3n) is 3.06. The van der Waals surface area contributed by atoms with Gasteiger partial charge in [0.05, 0.1) is 5.52 Å². The van der Waals surface area contributed by atoms with E-state index in [9.17, 15) is 4.79 Å². The number of carbonyl (C=O) groups excluding carboxylic acids is 1. The summed E-state index contributed by atoms with van der Waals surface area (Å²) >= 11 is 5.85. The lowest BCUT2D eigenvalue weighted by atomic mass is 9.96. The highest BCUT2D eigenvalue weighted by atomic mass is 35.5. The molecule has 0 fully saturated rings. The standard InChI is InChI=1S/C14H18ClN3O/c1-14(2,8-15)9-16-13(19)12-10-6-4-5-7-11(10)18(3)17-12/h4-7H,8-9H2,1-3H3,(H,16,19). The van der Waals surface area contributed by atoms with Crippen LogP contribution in [0.4, 0.5) is 0 Å².